The van der Waals surface area contributed by atoms with Crippen molar-refractivity contribution >= 4 is 11.7 Å². The standard InChI is InChI=1S/C18H14F3N5O/c1-11-10-25(15-3-2-13(8-23-15)18(19,20)21)17(27)16-14(9-24-26(11)16)12-4-6-22-7-5-12/h2-9,11H,10H2,1H3/t11-/m0/s1. The fourth-order valence-electron chi connectivity index (χ4n) is 3.12. The van der Waals surface area contributed by atoms with E-state index in [1.807, 2.05) is 6.92 Å². The average Bonchev–Trinajstić information content (AvgIpc) is 3.11. The number of halogens is 3. The van der Waals surface area contributed by atoms with Crippen molar-refractivity contribution < 1.29 is 18.0 Å². The van der Waals surface area contributed by atoms with Crippen molar-refractivity contribution in [2.75, 3.05) is 11.4 Å². The SMILES string of the molecule is C[C@H]1CN(c2ccc(C(F)(F)F)cn2)C(=O)c2c(-c3ccncc3)cnn21. The largest absolute Gasteiger partial charge is 0.417 e. The maximum Gasteiger partial charge on any atom is 0.417 e. The molecular formula is C18H14F3N5O. The fourth-order valence-corrected chi connectivity index (χ4v) is 3.12. The van der Waals surface area contributed by atoms with Crippen LogP contribution >= 0.6 is 0 Å². The lowest BCUT2D eigenvalue weighted by atomic mass is 10.0. The van der Waals surface area contributed by atoms with Gasteiger partial charge in [0.1, 0.15) is 11.5 Å². The summed E-state index contributed by atoms with van der Waals surface area (Å²) < 4.78 is 39.9. The average molecular weight is 373 g/mol. The highest BCUT2D eigenvalue weighted by atomic mass is 19.4. The molecule has 3 aromatic rings. The van der Waals surface area contributed by atoms with Crippen molar-refractivity contribution in [2.24, 2.45) is 0 Å². The van der Waals surface area contributed by atoms with Gasteiger partial charge in [0.25, 0.3) is 5.91 Å². The van der Waals surface area contributed by atoms with Crippen LogP contribution in [-0.2, 0) is 6.18 Å². The van der Waals surface area contributed by atoms with Gasteiger partial charge in [-0.25, -0.2) is 4.98 Å². The van der Waals surface area contributed by atoms with Crippen LogP contribution < -0.4 is 4.90 Å². The number of hydrogen-bond acceptors (Lipinski definition) is 4. The van der Waals surface area contributed by atoms with Crippen LogP contribution in [0.2, 0.25) is 0 Å². The van der Waals surface area contributed by atoms with Crippen LogP contribution in [0.5, 0.6) is 0 Å². The van der Waals surface area contributed by atoms with Gasteiger partial charge in [-0.1, -0.05) is 0 Å². The summed E-state index contributed by atoms with van der Waals surface area (Å²) in [4.78, 5) is 22.3. The monoisotopic (exact) mass is 373 g/mol. The van der Waals surface area contributed by atoms with E-state index in [2.05, 4.69) is 15.1 Å². The Morgan fingerprint density at radius 2 is 1.85 bits per heavy atom. The lowest BCUT2D eigenvalue weighted by Crippen LogP contribution is -2.43. The first-order chi connectivity index (χ1) is 12.9. The van der Waals surface area contributed by atoms with Gasteiger partial charge >= 0.3 is 6.18 Å². The number of hydrogen-bond donors (Lipinski definition) is 0. The number of alkyl halides is 3. The van der Waals surface area contributed by atoms with Gasteiger partial charge in [0.2, 0.25) is 0 Å². The minimum atomic E-state index is -4.47. The Labute approximate surface area is 152 Å². The van der Waals surface area contributed by atoms with Crippen LogP contribution in [0, 0.1) is 0 Å². The van der Waals surface area contributed by atoms with Crippen molar-refractivity contribution in [3.8, 4) is 11.1 Å². The zero-order chi connectivity index (χ0) is 19.2. The van der Waals surface area contributed by atoms with E-state index in [4.69, 9.17) is 0 Å². The fraction of sp³-hybridized carbons (Fsp3) is 0.222. The van der Waals surface area contributed by atoms with Gasteiger partial charge in [-0.15, -0.1) is 0 Å². The number of carbonyl (C=O) groups is 1. The molecule has 1 aliphatic heterocycles. The molecule has 27 heavy (non-hydrogen) atoms. The second-order valence-electron chi connectivity index (χ2n) is 6.25. The van der Waals surface area contributed by atoms with E-state index in [0.29, 0.717) is 11.3 Å². The first kappa shape index (κ1) is 17.2. The van der Waals surface area contributed by atoms with Gasteiger partial charge in [-0.3, -0.25) is 19.4 Å². The van der Waals surface area contributed by atoms with Gasteiger partial charge in [-0.2, -0.15) is 18.3 Å². The quantitative estimate of drug-likeness (QED) is 0.689. The van der Waals surface area contributed by atoms with Gasteiger partial charge in [-0.05, 0) is 36.8 Å². The van der Waals surface area contributed by atoms with Crippen LogP contribution in [0.1, 0.15) is 29.0 Å². The number of amides is 1. The van der Waals surface area contributed by atoms with Crippen molar-refractivity contribution in [3.05, 3.63) is 60.3 Å². The van der Waals surface area contributed by atoms with E-state index in [-0.39, 0.29) is 24.3 Å². The highest BCUT2D eigenvalue weighted by Crippen LogP contribution is 2.33. The Balaban J connectivity index is 1.74. The molecule has 4 heterocycles. The first-order valence-corrected chi connectivity index (χ1v) is 8.19. The zero-order valence-corrected chi connectivity index (χ0v) is 14.2. The van der Waals surface area contributed by atoms with E-state index < -0.39 is 11.7 Å². The van der Waals surface area contributed by atoms with Gasteiger partial charge in [0.15, 0.2) is 0 Å². The molecule has 0 bridgehead atoms. The van der Waals surface area contributed by atoms with Crippen molar-refractivity contribution in [1.29, 1.82) is 0 Å². The van der Waals surface area contributed by atoms with Crippen LogP contribution in [0.3, 0.4) is 0 Å². The summed E-state index contributed by atoms with van der Waals surface area (Å²) >= 11 is 0. The predicted molar refractivity (Wildman–Crippen MR) is 91.1 cm³/mol. The molecule has 1 amide bonds. The van der Waals surface area contributed by atoms with E-state index >= 15 is 0 Å². The summed E-state index contributed by atoms with van der Waals surface area (Å²) in [5, 5.41) is 4.32. The van der Waals surface area contributed by atoms with Gasteiger partial charge < -0.3 is 0 Å². The summed E-state index contributed by atoms with van der Waals surface area (Å²) in [6.07, 6.45) is 1.11. The summed E-state index contributed by atoms with van der Waals surface area (Å²) in [6.45, 7) is 2.15. The van der Waals surface area contributed by atoms with Crippen LogP contribution in [0.25, 0.3) is 11.1 Å². The van der Waals surface area contributed by atoms with Gasteiger partial charge in [0.05, 0.1) is 17.8 Å². The number of aromatic nitrogens is 4. The lowest BCUT2D eigenvalue weighted by molar-refractivity contribution is -0.137. The molecule has 138 valence electrons. The number of nitrogens with zero attached hydrogens (tertiary/aromatic N) is 5. The maximum absolute atomic E-state index is 13.1. The van der Waals surface area contributed by atoms with Crippen LogP contribution in [0.15, 0.2) is 49.1 Å². The molecule has 0 aromatic carbocycles. The lowest BCUT2D eigenvalue weighted by Gasteiger charge is -2.31. The Hall–Kier alpha value is -3.23. The smallest absolute Gasteiger partial charge is 0.289 e. The molecular weight excluding hydrogens is 359 g/mol. The number of pyridine rings is 2. The molecule has 0 saturated carbocycles. The summed E-state index contributed by atoms with van der Waals surface area (Å²) in [5.41, 5.74) is 0.952. The van der Waals surface area contributed by atoms with E-state index in [0.717, 1.165) is 17.8 Å². The van der Waals surface area contributed by atoms with Crippen molar-refractivity contribution in [3.63, 3.8) is 0 Å². The van der Waals surface area contributed by atoms with E-state index in [9.17, 15) is 18.0 Å². The molecule has 0 N–H and O–H groups in total. The van der Waals surface area contributed by atoms with Crippen LogP contribution in [-0.4, -0.2) is 32.2 Å². The predicted octanol–water partition coefficient (Wildman–Crippen LogP) is 3.58. The first-order valence-electron chi connectivity index (χ1n) is 8.19. The molecule has 3 aromatic heterocycles. The third-order valence-corrected chi connectivity index (χ3v) is 4.45. The van der Waals surface area contributed by atoms with Crippen LogP contribution in [0.4, 0.5) is 19.0 Å². The molecule has 0 aliphatic carbocycles. The molecule has 0 spiro atoms. The molecule has 4 rings (SSSR count). The second-order valence-corrected chi connectivity index (χ2v) is 6.25. The Morgan fingerprint density at radius 3 is 2.48 bits per heavy atom. The highest BCUT2D eigenvalue weighted by Gasteiger charge is 2.35. The number of rotatable bonds is 2. The second kappa shape index (κ2) is 6.19. The Morgan fingerprint density at radius 1 is 1.11 bits per heavy atom. The van der Waals surface area contributed by atoms with Crippen molar-refractivity contribution in [1.82, 2.24) is 19.7 Å². The minimum absolute atomic E-state index is 0.155. The molecule has 0 fully saturated rings. The number of anilines is 1. The van der Waals surface area contributed by atoms with Gasteiger partial charge in [0, 0.05) is 30.7 Å². The third-order valence-electron chi connectivity index (χ3n) is 4.45. The zero-order valence-electron chi connectivity index (χ0n) is 14.2. The highest BCUT2D eigenvalue weighted by molar-refractivity contribution is 6.09. The minimum Gasteiger partial charge on any atom is -0.289 e. The van der Waals surface area contributed by atoms with E-state index in [1.54, 1.807) is 35.4 Å². The molecule has 1 aliphatic rings. The molecule has 9 heteroatoms. The van der Waals surface area contributed by atoms with Crippen molar-refractivity contribution in [2.45, 2.75) is 19.1 Å². The molecule has 1 atom stereocenters. The number of carbonyl (C=O) groups excluding carboxylic acids is 1. The summed E-state index contributed by atoms with van der Waals surface area (Å²) in [5.74, 6) is -0.183. The summed E-state index contributed by atoms with van der Waals surface area (Å²) in [7, 11) is 0. The molecule has 6 nitrogen and oxygen atoms in total. The molecule has 0 saturated heterocycles. The normalized spacial score (nSPS) is 17.1. The molecule has 0 unspecified atom stereocenters. The third kappa shape index (κ3) is 2.94. The number of fused-ring (bicyclic) bond motifs is 1. The maximum atomic E-state index is 13.1. The Bertz CT molecular complexity index is 982. The summed E-state index contributed by atoms with van der Waals surface area (Å²) in [6, 6.07) is 5.52. The topological polar surface area (TPSA) is 63.9 Å². The van der Waals surface area contributed by atoms with E-state index in [1.165, 1.54) is 11.0 Å². The molecule has 0 radical (unpaired) electrons. The Kier molecular flexibility index (Phi) is 3.94.